The van der Waals surface area contributed by atoms with Crippen molar-refractivity contribution in [2.75, 3.05) is 7.11 Å². The number of hydrogen-bond acceptors (Lipinski definition) is 3. The van der Waals surface area contributed by atoms with Gasteiger partial charge in [-0.3, -0.25) is 0 Å². The van der Waals surface area contributed by atoms with Crippen LogP contribution in [-0.4, -0.2) is 17.1 Å². The smallest absolute Gasteiger partial charge is 0.159 e. The minimum Gasteiger partial charge on any atom is -0.497 e. The summed E-state index contributed by atoms with van der Waals surface area (Å²) in [5.74, 6) is 1.54. The van der Waals surface area contributed by atoms with Crippen molar-refractivity contribution in [3.63, 3.8) is 0 Å². The highest BCUT2D eigenvalue weighted by Gasteiger charge is 2.12. The standard InChI is InChI=1S/C23H18N2O/c1-26-20-14-12-18(13-15-20)22-21(17-8-4-2-5-9-17)16-24-23(25-22)19-10-6-3-7-11-19/h2-16H,1H3. The zero-order valence-electron chi connectivity index (χ0n) is 14.5. The summed E-state index contributed by atoms with van der Waals surface area (Å²) < 4.78 is 5.28. The fourth-order valence-corrected chi connectivity index (χ4v) is 2.91. The molecule has 1 aromatic heterocycles. The van der Waals surface area contributed by atoms with Gasteiger partial charge in [-0.15, -0.1) is 0 Å². The average molecular weight is 338 g/mol. The molecule has 0 aliphatic carbocycles. The van der Waals surface area contributed by atoms with Crippen LogP contribution in [0.4, 0.5) is 0 Å². The molecule has 1 heterocycles. The summed E-state index contributed by atoms with van der Waals surface area (Å²) in [6.07, 6.45) is 1.91. The van der Waals surface area contributed by atoms with Crippen molar-refractivity contribution in [2.45, 2.75) is 0 Å². The van der Waals surface area contributed by atoms with Gasteiger partial charge in [0.15, 0.2) is 5.82 Å². The van der Waals surface area contributed by atoms with Crippen molar-refractivity contribution in [1.82, 2.24) is 9.97 Å². The van der Waals surface area contributed by atoms with Crippen molar-refractivity contribution in [3.05, 3.63) is 91.1 Å². The molecular formula is C23H18N2O. The molecule has 0 amide bonds. The van der Waals surface area contributed by atoms with E-state index >= 15 is 0 Å². The van der Waals surface area contributed by atoms with E-state index < -0.39 is 0 Å². The minimum atomic E-state index is 0.719. The van der Waals surface area contributed by atoms with Crippen LogP contribution in [0, 0.1) is 0 Å². The molecule has 0 spiro atoms. The van der Waals surface area contributed by atoms with Crippen LogP contribution < -0.4 is 4.74 Å². The maximum atomic E-state index is 5.28. The molecule has 0 bridgehead atoms. The Hall–Kier alpha value is -3.46. The third-order valence-corrected chi connectivity index (χ3v) is 4.27. The summed E-state index contributed by atoms with van der Waals surface area (Å²) in [5, 5.41) is 0. The number of ether oxygens (including phenoxy) is 1. The Balaban J connectivity index is 1.89. The Kier molecular flexibility index (Phi) is 4.44. The van der Waals surface area contributed by atoms with Gasteiger partial charge in [-0.2, -0.15) is 0 Å². The topological polar surface area (TPSA) is 35.0 Å². The summed E-state index contributed by atoms with van der Waals surface area (Å²) in [4.78, 5) is 9.50. The number of hydrogen-bond donors (Lipinski definition) is 0. The maximum absolute atomic E-state index is 5.28. The van der Waals surface area contributed by atoms with Gasteiger partial charge < -0.3 is 4.74 Å². The molecular weight excluding hydrogens is 320 g/mol. The summed E-state index contributed by atoms with van der Waals surface area (Å²) >= 11 is 0. The van der Waals surface area contributed by atoms with E-state index in [1.165, 1.54) is 0 Å². The van der Waals surface area contributed by atoms with Crippen LogP contribution in [0.5, 0.6) is 5.75 Å². The molecule has 0 saturated carbocycles. The van der Waals surface area contributed by atoms with Gasteiger partial charge in [-0.05, 0) is 29.8 Å². The number of rotatable bonds is 4. The lowest BCUT2D eigenvalue weighted by Crippen LogP contribution is -1.96. The number of methoxy groups -OCH3 is 1. The second-order valence-electron chi connectivity index (χ2n) is 5.92. The number of nitrogens with zero attached hydrogens (tertiary/aromatic N) is 2. The zero-order valence-corrected chi connectivity index (χ0v) is 14.5. The third kappa shape index (κ3) is 3.20. The lowest BCUT2D eigenvalue weighted by atomic mass is 10.0. The first-order chi connectivity index (χ1) is 12.8. The second-order valence-corrected chi connectivity index (χ2v) is 5.92. The largest absolute Gasteiger partial charge is 0.497 e. The van der Waals surface area contributed by atoms with Crippen LogP contribution in [0.3, 0.4) is 0 Å². The van der Waals surface area contributed by atoms with E-state index in [2.05, 4.69) is 17.1 Å². The molecule has 126 valence electrons. The minimum absolute atomic E-state index is 0.719. The highest BCUT2D eigenvalue weighted by molar-refractivity contribution is 5.81. The summed E-state index contributed by atoms with van der Waals surface area (Å²) in [5.41, 5.74) is 5.05. The van der Waals surface area contributed by atoms with Crippen molar-refractivity contribution in [3.8, 4) is 39.5 Å². The Morgan fingerprint density at radius 3 is 1.88 bits per heavy atom. The first-order valence-corrected chi connectivity index (χ1v) is 8.47. The van der Waals surface area contributed by atoms with Crippen LogP contribution >= 0.6 is 0 Å². The monoisotopic (exact) mass is 338 g/mol. The summed E-state index contributed by atoms with van der Waals surface area (Å²) in [6, 6.07) is 28.2. The first-order valence-electron chi connectivity index (χ1n) is 8.47. The van der Waals surface area contributed by atoms with Crippen LogP contribution in [-0.2, 0) is 0 Å². The Labute approximate surface area is 153 Å². The second kappa shape index (κ2) is 7.19. The highest BCUT2D eigenvalue weighted by atomic mass is 16.5. The van der Waals surface area contributed by atoms with Crippen LogP contribution in [0.15, 0.2) is 91.1 Å². The third-order valence-electron chi connectivity index (χ3n) is 4.27. The van der Waals surface area contributed by atoms with Gasteiger partial charge in [0, 0.05) is 22.9 Å². The zero-order chi connectivity index (χ0) is 17.8. The van der Waals surface area contributed by atoms with Gasteiger partial charge in [0.2, 0.25) is 0 Å². The van der Waals surface area contributed by atoms with E-state index in [1.807, 2.05) is 79.0 Å². The highest BCUT2D eigenvalue weighted by Crippen LogP contribution is 2.32. The van der Waals surface area contributed by atoms with Gasteiger partial charge in [0.05, 0.1) is 12.8 Å². The van der Waals surface area contributed by atoms with Crippen LogP contribution in [0.2, 0.25) is 0 Å². The molecule has 0 unspecified atom stereocenters. The van der Waals surface area contributed by atoms with Gasteiger partial charge in [-0.25, -0.2) is 9.97 Å². The van der Waals surface area contributed by atoms with E-state index in [9.17, 15) is 0 Å². The van der Waals surface area contributed by atoms with Gasteiger partial charge in [-0.1, -0.05) is 60.7 Å². The van der Waals surface area contributed by atoms with E-state index in [0.717, 1.165) is 39.5 Å². The van der Waals surface area contributed by atoms with Crippen molar-refractivity contribution >= 4 is 0 Å². The summed E-state index contributed by atoms with van der Waals surface area (Å²) in [6.45, 7) is 0. The lowest BCUT2D eigenvalue weighted by molar-refractivity contribution is 0.415. The predicted molar refractivity (Wildman–Crippen MR) is 105 cm³/mol. The summed E-state index contributed by atoms with van der Waals surface area (Å²) in [7, 11) is 1.67. The quantitative estimate of drug-likeness (QED) is 0.494. The molecule has 3 aromatic carbocycles. The van der Waals surface area contributed by atoms with Gasteiger partial charge in [0.25, 0.3) is 0 Å². The van der Waals surface area contributed by atoms with Crippen molar-refractivity contribution < 1.29 is 4.74 Å². The molecule has 3 nitrogen and oxygen atoms in total. The molecule has 4 aromatic rings. The van der Waals surface area contributed by atoms with Crippen LogP contribution in [0.1, 0.15) is 0 Å². The lowest BCUT2D eigenvalue weighted by Gasteiger charge is -2.11. The normalized spacial score (nSPS) is 10.5. The number of benzene rings is 3. The SMILES string of the molecule is COc1ccc(-c2nc(-c3ccccc3)ncc2-c2ccccc2)cc1. The fourth-order valence-electron chi connectivity index (χ4n) is 2.91. The molecule has 0 aliphatic heterocycles. The fraction of sp³-hybridized carbons (Fsp3) is 0.0435. The van der Waals surface area contributed by atoms with E-state index in [4.69, 9.17) is 9.72 Å². The van der Waals surface area contributed by atoms with Gasteiger partial charge in [0.1, 0.15) is 5.75 Å². The van der Waals surface area contributed by atoms with E-state index in [1.54, 1.807) is 7.11 Å². The predicted octanol–water partition coefficient (Wildman–Crippen LogP) is 5.49. The van der Waals surface area contributed by atoms with E-state index in [0.29, 0.717) is 0 Å². The van der Waals surface area contributed by atoms with E-state index in [-0.39, 0.29) is 0 Å². The van der Waals surface area contributed by atoms with Crippen molar-refractivity contribution in [2.24, 2.45) is 0 Å². The van der Waals surface area contributed by atoms with Crippen molar-refractivity contribution in [1.29, 1.82) is 0 Å². The molecule has 0 saturated heterocycles. The molecule has 0 atom stereocenters. The first kappa shape index (κ1) is 16.0. The van der Waals surface area contributed by atoms with Crippen LogP contribution in [0.25, 0.3) is 33.8 Å². The maximum Gasteiger partial charge on any atom is 0.159 e. The molecule has 3 heteroatoms. The van der Waals surface area contributed by atoms with Gasteiger partial charge >= 0.3 is 0 Å². The molecule has 0 fully saturated rings. The Morgan fingerprint density at radius 1 is 0.654 bits per heavy atom. The molecule has 0 aliphatic rings. The molecule has 0 radical (unpaired) electrons. The average Bonchev–Trinajstić information content (AvgIpc) is 2.75. The Morgan fingerprint density at radius 2 is 1.27 bits per heavy atom. The number of aromatic nitrogens is 2. The Bertz CT molecular complexity index is 997. The molecule has 26 heavy (non-hydrogen) atoms. The molecule has 0 N–H and O–H groups in total. The molecule has 4 rings (SSSR count).